The predicted octanol–water partition coefficient (Wildman–Crippen LogP) is 2.43. The van der Waals surface area contributed by atoms with Gasteiger partial charge in [0, 0.05) is 23.0 Å². The Morgan fingerprint density at radius 3 is 2.41 bits per heavy atom. The van der Waals surface area contributed by atoms with Crippen molar-refractivity contribution < 1.29 is 4.92 Å². The standard InChI is InChI=1S/C12H11N3O2/c13-8-5-6-11(14)10(7-8)9-3-1-2-4-12(9)15(16)17/h1-7H,13-14H2. The molecule has 0 amide bonds. The second kappa shape index (κ2) is 4.13. The van der Waals surface area contributed by atoms with Crippen molar-refractivity contribution in [3.8, 4) is 11.1 Å². The second-order valence-electron chi connectivity index (χ2n) is 3.62. The predicted molar refractivity (Wildman–Crippen MR) is 67.4 cm³/mol. The molecule has 0 heterocycles. The maximum atomic E-state index is 10.9. The molecule has 0 radical (unpaired) electrons. The lowest BCUT2D eigenvalue weighted by Gasteiger charge is -2.07. The molecule has 0 aromatic heterocycles. The molecule has 2 aromatic rings. The van der Waals surface area contributed by atoms with E-state index < -0.39 is 4.92 Å². The number of nitrogen functional groups attached to an aromatic ring is 2. The third-order valence-corrected chi connectivity index (χ3v) is 2.47. The summed E-state index contributed by atoms with van der Waals surface area (Å²) in [4.78, 5) is 10.5. The monoisotopic (exact) mass is 229 g/mol. The van der Waals surface area contributed by atoms with Gasteiger partial charge in [-0.1, -0.05) is 12.1 Å². The third kappa shape index (κ3) is 2.03. The zero-order chi connectivity index (χ0) is 12.4. The smallest absolute Gasteiger partial charge is 0.277 e. The first kappa shape index (κ1) is 10.9. The molecule has 0 saturated carbocycles. The summed E-state index contributed by atoms with van der Waals surface area (Å²) in [7, 11) is 0. The molecule has 5 heteroatoms. The van der Waals surface area contributed by atoms with Crippen LogP contribution in [0.1, 0.15) is 0 Å². The van der Waals surface area contributed by atoms with E-state index >= 15 is 0 Å². The minimum atomic E-state index is -0.433. The quantitative estimate of drug-likeness (QED) is 0.469. The van der Waals surface area contributed by atoms with Crippen molar-refractivity contribution in [2.24, 2.45) is 0 Å². The van der Waals surface area contributed by atoms with Gasteiger partial charge in [-0.2, -0.15) is 0 Å². The highest BCUT2D eigenvalue weighted by Crippen LogP contribution is 2.34. The molecule has 0 saturated heterocycles. The van der Waals surface area contributed by atoms with Crippen molar-refractivity contribution in [3.05, 3.63) is 52.6 Å². The molecule has 0 unspecified atom stereocenters. The number of benzene rings is 2. The van der Waals surface area contributed by atoms with Gasteiger partial charge in [0.15, 0.2) is 0 Å². The Balaban J connectivity index is 2.68. The maximum Gasteiger partial charge on any atom is 0.277 e. The number of anilines is 2. The summed E-state index contributed by atoms with van der Waals surface area (Å²) < 4.78 is 0. The number of nitrogens with two attached hydrogens (primary N) is 2. The summed E-state index contributed by atoms with van der Waals surface area (Å²) in [6.45, 7) is 0. The lowest BCUT2D eigenvalue weighted by atomic mass is 10.0. The number of nitro benzene ring substituents is 1. The summed E-state index contributed by atoms with van der Waals surface area (Å²) >= 11 is 0. The summed E-state index contributed by atoms with van der Waals surface area (Å²) in [5, 5.41) is 10.9. The van der Waals surface area contributed by atoms with Crippen LogP contribution in [0, 0.1) is 10.1 Å². The molecule has 5 nitrogen and oxygen atoms in total. The van der Waals surface area contributed by atoms with Crippen molar-refractivity contribution in [1.29, 1.82) is 0 Å². The molecule has 0 bridgehead atoms. The van der Waals surface area contributed by atoms with Crippen molar-refractivity contribution in [2.45, 2.75) is 0 Å². The molecule has 17 heavy (non-hydrogen) atoms. The Hall–Kier alpha value is -2.56. The normalized spacial score (nSPS) is 10.1. The van der Waals surface area contributed by atoms with Gasteiger partial charge in [0.25, 0.3) is 5.69 Å². The summed E-state index contributed by atoms with van der Waals surface area (Å²) in [5.41, 5.74) is 13.5. The first-order valence-electron chi connectivity index (χ1n) is 4.98. The molecule has 0 fully saturated rings. The maximum absolute atomic E-state index is 10.9. The molecule has 4 N–H and O–H groups in total. The largest absolute Gasteiger partial charge is 0.399 e. The van der Waals surface area contributed by atoms with Gasteiger partial charge in [-0.25, -0.2) is 0 Å². The van der Waals surface area contributed by atoms with E-state index in [0.717, 1.165) is 0 Å². The van der Waals surface area contributed by atoms with Gasteiger partial charge in [-0.3, -0.25) is 10.1 Å². The van der Waals surface area contributed by atoms with Gasteiger partial charge in [-0.15, -0.1) is 0 Å². The fourth-order valence-electron chi connectivity index (χ4n) is 1.67. The number of hydrogen-bond acceptors (Lipinski definition) is 4. The molecule has 0 spiro atoms. The van der Waals surface area contributed by atoms with E-state index in [1.54, 1.807) is 36.4 Å². The van der Waals surface area contributed by atoms with Crippen LogP contribution in [-0.2, 0) is 0 Å². The number of nitrogens with zero attached hydrogens (tertiary/aromatic N) is 1. The minimum absolute atomic E-state index is 0.0183. The van der Waals surface area contributed by atoms with Crippen LogP contribution in [0.5, 0.6) is 0 Å². The number of para-hydroxylation sites is 1. The van der Waals surface area contributed by atoms with E-state index in [0.29, 0.717) is 22.5 Å². The highest BCUT2D eigenvalue weighted by Gasteiger charge is 2.15. The van der Waals surface area contributed by atoms with E-state index in [1.165, 1.54) is 6.07 Å². The highest BCUT2D eigenvalue weighted by atomic mass is 16.6. The van der Waals surface area contributed by atoms with Crippen LogP contribution in [0.2, 0.25) is 0 Å². The summed E-state index contributed by atoms with van der Waals surface area (Å²) in [6, 6.07) is 11.4. The van der Waals surface area contributed by atoms with Crippen molar-refractivity contribution in [3.63, 3.8) is 0 Å². The average molecular weight is 229 g/mol. The van der Waals surface area contributed by atoms with Crippen LogP contribution in [0.3, 0.4) is 0 Å². The molecular formula is C12H11N3O2. The van der Waals surface area contributed by atoms with Crippen LogP contribution < -0.4 is 11.5 Å². The minimum Gasteiger partial charge on any atom is -0.399 e. The molecule has 0 aliphatic carbocycles. The second-order valence-corrected chi connectivity index (χ2v) is 3.62. The zero-order valence-electron chi connectivity index (χ0n) is 8.96. The van der Waals surface area contributed by atoms with Gasteiger partial charge in [0.05, 0.1) is 10.5 Å². The molecule has 86 valence electrons. The fraction of sp³-hybridized carbons (Fsp3) is 0. The number of rotatable bonds is 2. The number of hydrogen-bond donors (Lipinski definition) is 2. The summed E-state index contributed by atoms with van der Waals surface area (Å²) in [6.07, 6.45) is 0. The topological polar surface area (TPSA) is 95.2 Å². The molecule has 2 aromatic carbocycles. The van der Waals surface area contributed by atoms with E-state index in [2.05, 4.69) is 0 Å². The first-order chi connectivity index (χ1) is 8.09. The Morgan fingerprint density at radius 2 is 1.71 bits per heavy atom. The average Bonchev–Trinajstić information content (AvgIpc) is 2.32. The van der Waals surface area contributed by atoms with Crippen LogP contribution in [-0.4, -0.2) is 4.92 Å². The molecule has 2 rings (SSSR count). The Kier molecular flexibility index (Phi) is 2.66. The highest BCUT2D eigenvalue weighted by molar-refractivity contribution is 5.84. The van der Waals surface area contributed by atoms with Crippen LogP contribution in [0.25, 0.3) is 11.1 Å². The van der Waals surface area contributed by atoms with Gasteiger partial charge in [0.2, 0.25) is 0 Å². The Morgan fingerprint density at radius 1 is 1.00 bits per heavy atom. The molecule has 0 aliphatic heterocycles. The molecule has 0 aliphatic rings. The van der Waals surface area contributed by atoms with Crippen molar-refractivity contribution in [1.82, 2.24) is 0 Å². The van der Waals surface area contributed by atoms with Gasteiger partial charge < -0.3 is 11.5 Å². The van der Waals surface area contributed by atoms with E-state index in [-0.39, 0.29) is 5.69 Å². The SMILES string of the molecule is Nc1ccc(N)c(-c2ccccc2[N+](=O)[O-])c1. The van der Waals surface area contributed by atoms with Crippen molar-refractivity contribution in [2.75, 3.05) is 11.5 Å². The Bertz CT molecular complexity index is 582. The van der Waals surface area contributed by atoms with Crippen LogP contribution >= 0.6 is 0 Å². The molecule has 0 atom stereocenters. The van der Waals surface area contributed by atoms with Gasteiger partial charge >= 0.3 is 0 Å². The van der Waals surface area contributed by atoms with Gasteiger partial charge in [0.1, 0.15) is 0 Å². The van der Waals surface area contributed by atoms with Gasteiger partial charge in [-0.05, 0) is 24.3 Å². The fourth-order valence-corrected chi connectivity index (χ4v) is 1.67. The van der Waals surface area contributed by atoms with E-state index in [4.69, 9.17) is 11.5 Å². The summed E-state index contributed by atoms with van der Waals surface area (Å²) in [5.74, 6) is 0. The first-order valence-corrected chi connectivity index (χ1v) is 4.98. The number of nitro groups is 1. The molecular weight excluding hydrogens is 218 g/mol. The van der Waals surface area contributed by atoms with E-state index in [1.807, 2.05) is 0 Å². The lowest BCUT2D eigenvalue weighted by Crippen LogP contribution is -1.96. The Labute approximate surface area is 97.8 Å². The van der Waals surface area contributed by atoms with Crippen LogP contribution in [0.15, 0.2) is 42.5 Å². The lowest BCUT2D eigenvalue weighted by molar-refractivity contribution is -0.384. The zero-order valence-corrected chi connectivity index (χ0v) is 8.96. The van der Waals surface area contributed by atoms with E-state index in [9.17, 15) is 10.1 Å². The van der Waals surface area contributed by atoms with Crippen molar-refractivity contribution >= 4 is 17.1 Å². The van der Waals surface area contributed by atoms with Crippen LogP contribution in [0.4, 0.5) is 17.1 Å². The third-order valence-electron chi connectivity index (χ3n) is 2.47.